The maximum atomic E-state index is 12.5. The summed E-state index contributed by atoms with van der Waals surface area (Å²) in [5, 5.41) is 14.3. The van der Waals surface area contributed by atoms with E-state index in [1.165, 1.54) is 24.3 Å². The number of carbonyl (C=O) groups is 2. The predicted octanol–water partition coefficient (Wildman–Crippen LogP) is 2.57. The van der Waals surface area contributed by atoms with E-state index < -0.39 is 23.6 Å². The highest BCUT2D eigenvalue weighted by molar-refractivity contribution is 5.95. The Bertz CT molecular complexity index is 758. The molecule has 0 atom stereocenters. The van der Waals surface area contributed by atoms with E-state index >= 15 is 0 Å². The van der Waals surface area contributed by atoms with Gasteiger partial charge in [-0.05, 0) is 42.5 Å². The smallest absolute Gasteiger partial charge is 0.416 e. The summed E-state index contributed by atoms with van der Waals surface area (Å²) < 4.78 is 37.4. The summed E-state index contributed by atoms with van der Waals surface area (Å²) in [6.07, 6.45) is -4.45. The first-order valence-corrected chi connectivity index (χ1v) is 7.30. The van der Waals surface area contributed by atoms with Gasteiger partial charge in [0.15, 0.2) is 0 Å². The monoisotopic (exact) mass is 352 g/mol. The van der Waals surface area contributed by atoms with Gasteiger partial charge in [0.05, 0.1) is 5.56 Å². The number of phenols is 1. The summed E-state index contributed by atoms with van der Waals surface area (Å²) in [4.78, 5) is 23.6. The van der Waals surface area contributed by atoms with Crippen molar-refractivity contribution in [3.63, 3.8) is 0 Å². The Kier molecular flexibility index (Phi) is 5.63. The molecule has 8 heteroatoms. The first kappa shape index (κ1) is 18.3. The van der Waals surface area contributed by atoms with Crippen LogP contribution in [0.3, 0.4) is 0 Å². The zero-order valence-electron chi connectivity index (χ0n) is 12.9. The Morgan fingerprint density at radius 3 is 1.96 bits per heavy atom. The zero-order valence-corrected chi connectivity index (χ0v) is 12.9. The van der Waals surface area contributed by atoms with Crippen LogP contribution in [0.1, 0.15) is 26.3 Å². The number of hydrogen-bond donors (Lipinski definition) is 3. The third kappa shape index (κ3) is 5.23. The normalized spacial score (nSPS) is 11.0. The second-order valence-electron chi connectivity index (χ2n) is 5.14. The summed E-state index contributed by atoms with van der Waals surface area (Å²) in [6, 6.07) is 9.62. The molecular weight excluding hydrogens is 337 g/mol. The largest absolute Gasteiger partial charge is 0.508 e. The molecule has 0 aromatic heterocycles. The number of amides is 2. The van der Waals surface area contributed by atoms with Crippen LogP contribution in [0.2, 0.25) is 0 Å². The lowest BCUT2D eigenvalue weighted by Gasteiger charge is -2.09. The third-order valence-electron chi connectivity index (χ3n) is 3.28. The van der Waals surface area contributed by atoms with Crippen molar-refractivity contribution in [1.29, 1.82) is 0 Å². The highest BCUT2D eigenvalue weighted by atomic mass is 19.4. The Balaban J connectivity index is 1.79. The van der Waals surface area contributed by atoms with E-state index in [4.69, 9.17) is 0 Å². The number of nitrogens with one attached hydrogen (secondary N) is 2. The lowest BCUT2D eigenvalue weighted by Crippen LogP contribution is -2.34. The van der Waals surface area contributed by atoms with Gasteiger partial charge in [0.2, 0.25) is 0 Å². The SMILES string of the molecule is O=C(NCCNC(=O)c1cccc(O)c1)c1ccc(C(F)(F)F)cc1. The first-order valence-electron chi connectivity index (χ1n) is 7.30. The fraction of sp³-hybridized carbons (Fsp3) is 0.176. The molecule has 2 aromatic carbocycles. The van der Waals surface area contributed by atoms with Crippen LogP contribution in [-0.4, -0.2) is 30.0 Å². The molecule has 0 aliphatic carbocycles. The van der Waals surface area contributed by atoms with E-state index in [9.17, 15) is 27.9 Å². The summed E-state index contributed by atoms with van der Waals surface area (Å²) in [6.45, 7) is 0.227. The number of halogens is 3. The van der Waals surface area contributed by atoms with Gasteiger partial charge in [-0.1, -0.05) is 6.07 Å². The molecule has 132 valence electrons. The van der Waals surface area contributed by atoms with Crippen molar-refractivity contribution < 1.29 is 27.9 Å². The topological polar surface area (TPSA) is 78.4 Å². The van der Waals surface area contributed by atoms with E-state index in [1.807, 2.05) is 0 Å². The summed E-state index contributed by atoms with van der Waals surface area (Å²) in [5.41, 5.74) is -0.469. The van der Waals surface area contributed by atoms with Crippen molar-refractivity contribution >= 4 is 11.8 Å². The molecule has 0 fully saturated rings. The Hall–Kier alpha value is -3.03. The average molecular weight is 352 g/mol. The van der Waals surface area contributed by atoms with Gasteiger partial charge in [0.25, 0.3) is 11.8 Å². The van der Waals surface area contributed by atoms with Crippen molar-refractivity contribution in [3.05, 3.63) is 65.2 Å². The molecule has 3 N–H and O–H groups in total. The summed E-state index contributed by atoms with van der Waals surface area (Å²) >= 11 is 0. The van der Waals surface area contributed by atoms with Crippen molar-refractivity contribution in [2.75, 3.05) is 13.1 Å². The van der Waals surface area contributed by atoms with E-state index in [0.717, 1.165) is 24.3 Å². The fourth-order valence-electron chi connectivity index (χ4n) is 2.01. The second-order valence-corrected chi connectivity index (χ2v) is 5.14. The van der Waals surface area contributed by atoms with Crippen LogP contribution in [0, 0.1) is 0 Å². The molecule has 0 spiro atoms. The summed E-state index contributed by atoms with van der Waals surface area (Å²) in [7, 11) is 0. The van der Waals surface area contributed by atoms with E-state index in [1.54, 1.807) is 0 Å². The molecule has 5 nitrogen and oxygen atoms in total. The Labute approximate surface area is 141 Å². The lowest BCUT2D eigenvalue weighted by atomic mass is 10.1. The van der Waals surface area contributed by atoms with Gasteiger partial charge in [-0.25, -0.2) is 0 Å². The number of phenolic OH excluding ortho intramolecular Hbond substituents is 1. The maximum Gasteiger partial charge on any atom is 0.416 e. The van der Waals surface area contributed by atoms with Crippen LogP contribution in [-0.2, 0) is 6.18 Å². The molecule has 0 heterocycles. The zero-order chi connectivity index (χ0) is 18.4. The molecule has 0 radical (unpaired) electrons. The number of carbonyl (C=O) groups excluding carboxylic acids is 2. The average Bonchev–Trinajstić information content (AvgIpc) is 2.57. The molecular formula is C17H15F3N2O3. The molecule has 0 aliphatic rings. The molecule has 2 rings (SSSR count). The molecule has 25 heavy (non-hydrogen) atoms. The lowest BCUT2D eigenvalue weighted by molar-refractivity contribution is -0.137. The highest BCUT2D eigenvalue weighted by Gasteiger charge is 2.30. The second kappa shape index (κ2) is 7.69. The number of hydrogen-bond acceptors (Lipinski definition) is 3. The van der Waals surface area contributed by atoms with Gasteiger partial charge >= 0.3 is 6.18 Å². The quantitative estimate of drug-likeness (QED) is 0.724. The van der Waals surface area contributed by atoms with Gasteiger partial charge < -0.3 is 15.7 Å². The van der Waals surface area contributed by atoms with Crippen LogP contribution in [0.15, 0.2) is 48.5 Å². The standard InChI is InChI=1S/C17H15F3N2O3/c18-17(19,20)13-6-4-11(5-7-13)15(24)21-8-9-22-16(25)12-2-1-3-14(23)10-12/h1-7,10,23H,8-9H2,(H,21,24)(H,22,25). The molecule has 2 aromatic rings. The molecule has 0 unspecified atom stereocenters. The van der Waals surface area contributed by atoms with Crippen LogP contribution in [0.5, 0.6) is 5.75 Å². The van der Waals surface area contributed by atoms with Crippen molar-refractivity contribution in [2.24, 2.45) is 0 Å². The number of rotatable bonds is 5. The minimum Gasteiger partial charge on any atom is -0.508 e. The molecule has 0 aliphatic heterocycles. The van der Waals surface area contributed by atoms with Gasteiger partial charge in [0, 0.05) is 24.2 Å². The maximum absolute atomic E-state index is 12.5. The van der Waals surface area contributed by atoms with E-state index in [-0.39, 0.29) is 30.0 Å². The van der Waals surface area contributed by atoms with Crippen molar-refractivity contribution in [3.8, 4) is 5.75 Å². The van der Waals surface area contributed by atoms with E-state index in [0.29, 0.717) is 0 Å². The summed E-state index contributed by atoms with van der Waals surface area (Å²) in [5.74, 6) is -0.997. The predicted molar refractivity (Wildman–Crippen MR) is 84.2 cm³/mol. The number of aromatic hydroxyl groups is 1. The third-order valence-corrected chi connectivity index (χ3v) is 3.28. The van der Waals surface area contributed by atoms with Gasteiger partial charge in [0.1, 0.15) is 5.75 Å². The van der Waals surface area contributed by atoms with Crippen LogP contribution < -0.4 is 10.6 Å². The Morgan fingerprint density at radius 2 is 1.44 bits per heavy atom. The first-order chi connectivity index (χ1) is 11.8. The molecule has 0 bridgehead atoms. The van der Waals surface area contributed by atoms with Gasteiger partial charge in [-0.2, -0.15) is 13.2 Å². The molecule has 0 saturated carbocycles. The van der Waals surface area contributed by atoms with Gasteiger partial charge in [-0.3, -0.25) is 9.59 Å². The highest BCUT2D eigenvalue weighted by Crippen LogP contribution is 2.29. The van der Waals surface area contributed by atoms with Crippen LogP contribution >= 0.6 is 0 Å². The molecule has 2 amide bonds. The van der Waals surface area contributed by atoms with Crippen molar-refractivity contribution in [2.45, 2.75) is 6.18 Å². The fourth-order valence-corrected chi connectivity index (χ4v) is 2.01. The number of alkyl halides is 3. The Morgan fingerprint density at radius 1 is 0.880 bits per heavy atom. The van der Waals surface area contributed by atoms with Gasteiger partial charge in [-0.15, -0.1) is 0 Å². The minimum atomic E-state index is -4.45. The van der Waals surface area contributed by atoms with E-state index in [2.05, 4.69) is 10.6 Å². The number of benzene rings is 2. The minimum absolute atomic E-state index is 0.0387. The van der Waals surface area contributed by atoms with Crippen molar-refractivity contribution in [1.82, 2.24) is 10.6 Å². The van der Waals surface area contributed by atoms with Crippen LogP contribution in [0.4, 0.5) is 13.2 Å². The molecule has 0 saturated heterocycles. The van der Waals surface area contributed by atoms with Crippen LogP contribution in [0.25, 0.3) is 0 Å².